The molecule has 1 aliphatic rings. The molecule has 0 radical (unpaired) electrons. The number of hydrogen-bond acceptors (Lipinski definition) is 5. The van der Waals surface area contributed by atoms with Crippen LogP contribution in [-0.2, 0) is 6.54 Å². The number of carbonyl (C=O) groups is 2. The largest absolute Gasteiger partial charge is 0.305 e. The van der Waals surface area contributed by atoms with E-state index in [-0.39, 0.29) is 24.5 Å². The highest BCUT2D eigenvalue weighted by Gasteiger charge is 2.34. The predicted molar refractivity (Wildman–Crippen MR) is 83.9 cm³/mol. The topological polar surface area (TPSA) is 103 Å². The molecule has 0 bridgehead atoms. The van der Waals surface area contributed by atoms with Crippen molar-refractivity contribution >= 4 is 17.5 Å². The summed E-state index contributed by atoms with van der Waals surface area (Å²) in [6.07, 6.45) is 0. The van der Waals surface area contributed by atoms with Gasteiger partial charge in [-0.2, -0.15) is 0 Å². The predicted octanol–water partition coefficient (Wildman–Crippen LogP) is 1.36. The zero-order valence-corrected chi connectivity index (χ0v) is 12.8. The summed E-state index contributed by atoms with van der Waals surface area (Å²) in [6, 6.07) is 8.73. The van der Waals surface area contributed by atoms with E-state index in [0.29, 0.717) is 11.1 Å². The van der Waals surface area contributed by atoms with Crippen LogP contribution < -0.4 is 5.56 Å². The van der Waals surface area contributed by atoms with Gasteiger partial charge in [0.2, 0.25) is 0 Å². The van der Waals surface area contributed by atoms with Crippen LogP contribution in [0.5, 0.6) is 0 Å². The van der Waals surface area contributed by atoms with E-state index in [4.69, 9.17) is 0 Å². The van der Waals surface area contributed by atoms with E-state index >= 15 is 0 Å². The van der Waals surface area contributed by atoms with Crippen molar-refractivity contribution < 1.29 is 14.5 Å². The lowest BCUT2D eigenvalue weighted by molar-refractivity contribution is -0.386. The van der Waals surface area contributed by atoms with Crippen LogP contribution in [-0.4, -0.2) is 32.7 Å². The first-order chi connectivity index (χ1) is 11.4. The van der Waals surface area contributed by atoms with Gasteiger partial charge in [-0.1, -0.05) is 12.1 Å². The van der Waals surface area contributed by atoms with E-state index in [1.165, 1.54) is 11.5 Å². The van der Waals surface area contributed by atoms with Gasteiger partial charge in [0.05, 0.1) is 21.7 Å². The number of benzene rings is 1. The molecule has 0 atom stereocenters. The Balaban J connectivity index is 1.87. The Kier molecular flexibility index (Phi) is 3.72. The SMILES string of the molecule is Cc1c([N+](=O)[O-])ccc(=O)n1CCN1C(=O)c2ccccc2C1=O. The second-order valence-corrected chi connectivity index (χ2v) is 5.36. The number of nitro groups is 1. The number of nitrogens with zero attached hydrogens (tertiary/aromatic N) is 3. The summed E-state index contributed by atoms with van der Waals surface area (Å²) in [5.41, 5.74) is 0.229. The molecular formula is C16H13N3O5. The Morgan fingerprint density at radius 3 is 2.08 bits per heavy atom. The highest BCUT2D eigenvalue weighted by molar-refractivity contribution is 6.21. The van der Waals surface area contributed by atoms with Gasteiger partial charge in [0.25, 0.3) is 23.1 Å². The quantitative estimate of drug-likeness (QED) is 0.479. The van der Waals surface area contributed by atoms with Crippen LogP contribution in [0.3, 0.4) is 0 Å². The number of imide groups is 1. The van der Waals surface area contributed by atoms with Gasteiger partial charge < -0.3 is 4.57 Å². The smallest absolute Gasteiger partial charge is 0.288 e. The summed E-state index contributed by atoms with van der Waals surface area (Å²) in [5, 5.41) is 11.0. The third-order valence-electron chi connectivity index (χ3n) is 4.05. The molecule has 122 valence electrons. The Morgan fingerprint density at radius 1 is 0.958 bits per heavy atom. The fourth-order valence-electron chi connectivity index (χ4n) is 2.78. The standard InChI is InChI=1S/C16H13N3O5/c1-10-13(19(23)24)6-7-14(20)17(10)8-9-18-15(21)11-4-2-3-5-12(11)16(18)22/h2-7H,8-9H2,1H3. The van der Waals surface area contributed by atoms with Gasteiger partial charge >= 0.3 is 0 Å². The number of carbonyl (C=O) groups excluding carboxylic acids is 2. The summed E-state index contributed by atoms with van der Waals surface area (Å²) < 4.78 is 1.20. The zero-order chi connectivity index (χ0) is 17.4. The van der Waals surface area contributed by atoms with Crippen LogP contribution in [0.2, 0.25) is 0 Å². The molecule has 0 N–H and O–H groups in total. The fourth-order valence-corrected chi connectivity index (χ4v) is 2.78. The third-order valence-corrected chi connectivity index (χ3v) is 4.05. The van der Waals surface area contributed by atoms with Gasteiger partial charge in [-0.15, -0.1) is 0 Å². The Hall–Kier alpha value is -3.29. The first-order valence-corrected chi connectivity index (χ1v) is 7.22. The molecule has 1 aromatic heterocycles. The first kappa shape index (κ1) is 15.6. The lowest BCUT2D eigenvalue weighted by atomic mass is 10.1. The average molecular weight is 327 g/mol. The first-order valence-electron chi connectivity index (χ1n) is 7.22. The molecule has 0 aliphatic carbocycles. The molecule has 0 saturated heterocycles. The maximum Gasteiger partial charge on any atom is 0.288 e. The molecule has 3 rings (SSSR count). The van der Waals surface area contributed by atoms with Crippen molar-refractivity contribution in [2.24, 2.45) is 0 Å². The van der Waals surface area contributed by atoms with E-state index in [1.807, 2.05) is 0 Å². The summed E-state index contributed by atoms with van der Waals surface area (Å²) in [7, 11) is 0. The molecule has 8 heteroatoms. The minimum absolute atomic E-state index is 0.00217. The van der Waals surface area contributed by atoms with Crippen molar-refractivity contribution in [3.8, 4) is 0 Å². The van der Waals surface area contributed by atoms with E-state index in [0.717, 1.165) is 17.0 Å². The number of rotatable bonds is 4. The van der Waals surface area contributed by atoms with Gasteiger partial charge in [0, 0.05) is 25.2 Å². The lowest BCUT2D eigenvalue weighted by Crippen LogP contribution is -2.35. The summed E-state index contributed by atoms with van der Waals surface area (Å²) in [5.74, 6) is -0.849. The second kappa shape index (κ2) is 5.73. The van der Waals surface area contributed by atoms with E-state index < -0.39 is 22.3 Å². The van der Waals surface area contributed by atoms with Gasteiger partial charge in [-0.05, 0) is 19.1 Å². The van der Waals surface area contributed by atoms with Crippen LogP contribution in [0.1, 0.15) is 26.4 Å². The number of aromatic nitrogens is 1. The lowest BCUT2D eigenvalue weighted by Gasteiger charge is -2.16. The van der Waals surface area contributed by atoms with Crippen molar-refractivity contribution in [3.63, 3.8) is 0 Å². The van der Waals surface area contributed by atoms with E-state index in [1.54, 1.807) is 24.3 Å². The van der Waals surface area contributed by atoms with Crippen LogP contribution in [0.4, 0.5) is 5.69 Å². The monoisotopic (exact) mass is 327 g/mol. The van der Waals surface area contributed by atoms with Gasteiger partial charge in [-0.3, -0.25) is 29.4 Å². The summed E-state index contributed by atoms with van der Waals surface area (Å²) in [4.78, 5) is 48.0. The normalized spacial score (nSPS) is 13.3. The molecule has 0 unspecified atom stereocenters. The van der Waals surface area contributed by atoms with Crippen molar-refractivity contribution in [1.82, 2.24) is 9.47 Å². The molecule has 0 spiro atoms. The zero-order valence-electron chi connectivity index (χ0n) is 12.8. The second-order valence-electron chi connectivity index (χ2n) is 5.36. The highest BCUT2D eigenvalue weighted by Crippen LogP contribution is 2.22. The number of amides is 2. The third kappa shape index (κ3) is 2.37. The summed E-state index contributed by atoms with van der Waals surface area (Å²) in [6.45, 7) is 1.42. The number of hydrogen-bond donors (Lipinski definition) is 0. The Bertz CT molecular complexity index is 897. The molecule has 24 heavy (non-hydrogen) atoms. The maximum absolute atomic E-state index is 12.3. The Labute approximate surface area is 136 Å². The van der Waals surface area contributed by atoms with Crippen LogP contribution in [0, 0.1) is 17.0 Å². The van der Waals surface area contributed by atoms with E-state index in [2.05, 4.69) is 0 Å². The van der Waals surface area contributed by atoms with Gasteiger partial charge in [-0.25, -0.2) is 0 Å². The molecule has 1 aliphatic heterocycles. The fraction of sp³-hybridized carbons (Fsp3) is 0.188. The minimum atomic E-state index is -0.576. The number of pyridine rings is 1. The summed E-state index contributed by atoms with van der Waals surface area (Å²) >= 11 is 0. The van der Waals surface area contributed by atoms with Crippen LogP contribution in [0.15, 0.2) is 41.2 Å². The maximum atomic E-state index is 12.3. The molecule has 2 amide bonds. The van der Waals surface area contributed by atoms with Crippen molar-refractivity contribution in [2.45, 2.75) is 13.5 Å². The molecule has 0 fully saturated rings. The van der Waals surface area contributed by atoms with Crippen molar-refractivity contribution in [1.29, 1.82) is 0 Å². The molecule has 1 aromatic carbocycles. The Morgan fingerprint density at radius 2 is 1.54 bits per heavy atom. The van der Waals surface area contributed by atoms with Crippen molar-refractivity contribution in [2.75, 3.05) is 6.54 Å². The average Bonchev–Trinajstić information content (AvgIpc) is 2.79. The molecule has 8 nitrogen and oxygen atoms in total. The number of fused-ring (bicyclic) bond motifs is 1. The van der Waals surface area contributed by atoms with Crippen molar-refractivity contribution in [3.05, 3.63) is 73.7 Å². The molecule has 0 saturated carbocycles. The molecule has 2 heterocycles. The van der Waals surface area contributed by atoms with E-state index in [9.17, 15) is 24.5 Å². The molecule has 2 aromatic rings. The van der Waals surface area contributed by atoms with Gasteiger partial charge in [0.1, 0.15) is 0 Å². The van der Waals surface area contributed by atoms with Crippen LogP contribution in [0.25, 0.3) is 0 Å². The molecular weight excluding hydrogens is 314 g/mol. The highest BCUT2D eigenvalue weighted by atomic mass is 16.6. The van der Waals surface area contributed by atoms with Crippen LogP contribution >= 0.6 is 0 Å². The minimum Gasteiger partial charge on any atom is -0.305 e. The van der Waals surface area contributed by atoms with Gasteiger partial charge in [0.15, 0.2) is 0 Å².